The number of rotatable bonds is 0. The molecule has 1 atom stereocenters. The predicted molar refractivity (Wildman–Crippen MR) is 32.8 cm³/mol. The zero-order chi connectivity index (χ0) is 6.41. The summed E-state index contributed by atoms with van der Waals surface area (Å²) < 4.78 is -0.762. The second-order valence-corrected chi connectivity index (χ2v) is 3.81. The number of nitrogens with zero attached hydrogens (tertiary/aromatic N) is 1. The zero-order valence-corrected chi connectivity index (χ0v) is 5.92. The maximum Gasteiger partial charge on any atom is 0.138 e. The van der Waals surface area contributed by atoms with Crippen molar-refractivity contribution in [2.75, 3.05) is 0 Å². The van der Waals surface area contributed by atoms with Crippen LogP contribution in [0.1, 0.15) is 13.3 Å². The first-order valence-corrected chi connectivity index (χ1v) is 3.06. The third-order valence-electron chi connectivity index (χ3n) is 1.50. The van der Waals surface area contributed by atoms with E-state index in [0.29, 0.717) is 6.42 Å². The maximum absolute atomic E-state index is 8.38. The molecule has 1 aliphatic carbocycles. The molecule has 0 amide bonds. The molecule has 1 aliphatic rings. The molecule has 3 heteroatoms. The molecule has 0 aromatic heterocycles. The van der Waals surface area contributed by atoms with Crippen LogP contribution in [-0.4, -0.2) is 4.33 Å². The van der Waals surface area contributed by atoms with Gasteiger partial charge >= 0.3 is 0 Å². The van der Waals surface area contributed by atoms with E-state index in [-0.39, 0.29) is 0 Å². The van der Waals surface area contributed by atoms with E-state index in [1.54, 1.807) is 6.92 Å². The molecule has 0 unspecified atom stereocenters. The third kappa shape index (κ3) is 0.604. The maximum atomic E-state index is 8.38. The number of hydrogen-bond donors (Lipinski definition) is 0. The lowest BCUT2D eigenvalue weighted by Crippen LogP contribution is -1.99. The number of nitriles is 1. The lowest BCUT2D eigenvalue weighted by atomic mass is 10.2. The van der Waals surface area contributed by atoms with Crippen LogP contribution in [0.2, 0.25) is 0 Å². The Morgan fingerprint density at radius 1 is 1.62 bits per heavy atom. The van der Waals surface area contributed by atoms with Crippen molar-refractivity contribution in [3.8, 4) is 6.07 Å². The first kappa shape index (κ1) is 6.19. The van der Waals surface area contributed by atoms with Gasteiger partial charge in [-0.1, -0.05) is 23.2 Å². The van der Waals surface area contributed by atoms with Gasteiger partial charge in [0.05, 0.1) is 11.5 Å². The molecular formula is C5H5Cl2N. The highest BCUT2D eigenvalue weighted by molar-refractivity contribution is 6.51. The quantitative estimate of drug-likeness (QED) is 0.485. The predicted octanol–water partition coefficient (Wildman–Crippen LogP) is 2.09. The van der Waals surface area contributed by atoms with E-state index in [0.717, 1.165) is 0 Å². The monoisotopic (exact) mass is 149 g/mol. The molecule has 0 radical (unpaired) electrons. The van der Waals surface area contributed by atoms with Crippen molar-refractivity contribution in [1.29, 1.82) is 5.26 Å². The molecule has 1 nitrogen and oxygen atoms in total. The summed E-state index contributed by atoms with van der Waals surface area (Å²) in [6.45, 7) is 1.76. The van der Waals surface area contributed by atoms with Crippen molar-refractivity contribution < 1.29 is 0 Å². The van der Waals surface area contributed by atoms with Crippen LogP contribution in [0.15, 0.2) is 0 Å². The van der Waals surface area contributed by atoms with E-state index < -0.39 is 9.75 Å². The normalized spacial score (nSPS) is 40.8. The molecule has 0 aliphatic heterocycles. The Hall–Kier alpha value is 0.0700. The summed E-state index contributed by atoms with van der Waals surface area (Å²) in [6.07, 6.45) is 0.597. The van der Waals surface area contributed by atoms with Gasteiger partial charge in [-0.05, 0) is 6.92 Å². The van der Waals surface area contributed by atoms with Gasteiger partial charge in [0.25, 0.3) is 0 Å². The molecule has 0 aromatic carbocycles. The number of halogens is 2. The van der Waals surface area contributed by atoms with Gasteiger partial charge in [0.2, 0.25) is 0 Å². The van der Waals surface area contributed by atoms with Crippen molar-refractivity contribution in [2.45, 2.75) is 17.7 Å². The zero-order valence-electron chi connectivity index (χ0n) is 4.41. The Kier molecular flexibility index (Phi) is 1.02. The fraction of sp³-hybridized carbons (Fsp3) is 0.800. The molecule has 8 heavy (non-hydrogen) atoms. The minimum absolute atomic E-state index is 0.476. The Morgan fingerprint density at radius 2 is 2.00 bits per heavy atom. The van der Waals surface area contributed by atoms with E-state index >= 15 is 0 Å². The van der Waals surface area contributed by atoms with E-state index in [9.17, 15) is 0 Å². The van der Waals surface area contributed by atoms with Crippen molar-refractivity contribution in [3.05, 3.63) is 0 Å². The molecule has 0 spiro atoms. The first-order chi connectivity index (χ1) is 3.52. The molecule has 0 aromatic rings. The van der Waals surface area contributed by atoms with Gasteiger partial charge in [-0.25, -0.2) is 0 Å². The molecule has 44 valence electrons. The Bertz CT molecular complexity index is 158. The van der Waals surface area contributed by atoms with Gasteiger partial charge in [0.15, 0.2) is 0 Å². The van der Waals surface area contributed by atoms with Crippen LogP contribution in [0.5, 0.6) is 0 Å². The minimum atomic E-state index is -0.762. The summed E-state index contributed by atoms with van der Waals surface area (Å²) >= 11 is 11.2. The summed E-state index contributed by atoms with van der Waals surface area (Å²) in [5.41, 5.74) is -0.476. The van der Waals surface area contributed by atoms with Gasteiger partial charge in [-0.2, -0.15) is 5.26 Å². The van der Waals surface area contributed by atoms with Crippen LogP contribution in [0, 0.1) is 16.7 Å². The summed E-state index contributed by atoms with van der Waals surface area (Å²) in [4.78, 5) is 0. The molecule has 0 N–H and O–H groups in total. The van der Waals surface area contributed by atoms with Crippen molar-refractivity contribution in [2.24, 2.45) is 5.41 Å². The average molecular weight is 150 g/mol. The smallest absolute Gasteiger partial charge is 0.138 e. The van der Waals surface area contributed by atoms with Crippen LogP contribution in [-0.2, 0) is 0 Å². The van der Waals surface area contributed by atoms with Gasteiger partial charge in [-0.15, -0.1) is 0 Å². The average Bonchev–Trinajstić information content (AvgIpc) is 2.10. The molecule has 1 fully saturated rings. The van der Waals surface area contributed by atoms with E-state index in [1.807, 2.05) is 6.07 Å². The third-order valence-corrected chi connectivity index (χ3v) is 2.61. The first-order valence-electron chi connectivity index (χ1n) is 2.31. The SMILES string of the molecule is C[C@@]1(C#N)CC1(Cl)Cl. The minimum Gasteiger partial charge on any atom is -0.198 e. The Balaban J connectivity index is 2.72. The Labute approximate surface area is 58.2 Å². The fourth-order valence-corrected chi connectivity index (χ4v) is 1.14. The topological polar surface area (TPSA) is 23.8 Å². The highest BCUT2D eigenvalue weighted by Crippen LogP contribution is 2.63. The van der Waals surface area contributed by atoms with E-state index in [2.05, 4.69) is 0 Å². The highest BCUT2D eigenvalue weighted by atomic mass is 35.5. The molecule has 0 bridgehead atoms. The van der Waals surface area contributed by atoms with Crippen LogP contribution in [0.3, 0.4) is 0 Å². The van der Waals surface area contributed by atoms with Crippen molar-refractivity contribution >= 4 is 23.2 Å². The highest BCUT2D eigenvalue weighted by Gasteiger charge is 2.63. The molecular weight excluding hydrogens is 145 g/mol. The summed E-state index contributed by atoms with van der Waals surface area (Å²) in [6, 6.07) is 2.04. The molecule has 1 rings (SSSR count). The lowest BCUT2D eigenvalue weighted by Gasteiger charge is -1.96. The summed E-state index contributed by atoms with van der Waals surface area (Å²) in [7, 11) is 0. The van der Waals surface area contributed by atoms with Crippen molar-refractivity contribution in [3.63, 3.8) is 0 Å². The number of alkyl halides is 2. The molecule has 0 heterocycles. The number of hydrogen-bond acceptors (Lipinski definition) is 1. The van der Waals surface area contributed by atoms with Crippen LogP contribution >= 0.6 is 23.2 Å². The van der Waals surface area contributed by atoms with Crippen LogP contribution in [0.4, 0.5) is 0 Å². The lowest BCUT2D eigenvalue weighted by molar-refractivity contribution is 0.753. The Morgan fingerprint density at radius 3 is 2.00 bits per heavy atom. The summed E-state index contributed by atoms with van der Waals surface area (Å²) in [5, 5.41) is 8.38. The molecule has 0 saturated heterocycles. The van der Waals surface area contributed by atoms with Gasteiger partial charge in [-0.3, -0.25) is 0 Å². The van der Waals surface area contributed by atoms with Crippen LogP contribution in [0.25, 0.3) is 0 Å². The fourth-order valence-electron chi connectivity index (χ4n) is 0.521. The largest absolute Gasteiger partial charge is 0.198 e. The van der Waals surface area contributed by atoms with Crippen molar-refractivity contribution in [1.82, 2.24) is 0 Å². The second-order valence-electron chi connectivity index (χ2n) is 2.33. The van der Waals surface area contributed by atoms with Gasteiger partial charge in [0.1, 0.15) is 4.33 Å². The van der Waals surface area contributed by atoms with Gasteiger partial charge in [0, 0.05) is 6.42 Å². The van der Waals surface area contributed by atoms with Gasteiger partial charge < -0.3 is 0 Å². The second kappa shape index (κ2) is 1.32. The standard InChI is InChI=1S/C5H5Cl2N/c1-4(3-8)2-5(4,6)7/h2H2,1H3/t4-/m0/s1. The summed E-state index contributed by atoms with van der Waals surface area (Å²) in [5.74, 6) is 0. The molecule has 1 saturated carbocycles. The van der Waals surface area contributed by atoms with E-state index in [1.165, 1.54) is 0 Å². The van der Waals surface area contributed by atoms with Crippen LogP contribution < -0.4 is 0 Å². The van der Waals surface area contributed by atoms with E-state index in [4.69, 9.17) is 28.5 Å².